The van der Waals surface area contributed by atoms with Crippen LogP contribution in [0.1, 0.15) is 24.6 Å². The number of fused-ring (bicyclic) bond motifs is 1. The van der Waals surface area contributed by atoms with Crippen LogP contribution in [0.5, 0.6) is 0 Å². The number of sulfone groups is 1. The Kier molecular flexibility index (Phi) is 2.92. The lowest BCUT2D eigenvalue weighted by Crippen LogP contribution is -2.17. The zero-order valence-electron chi connectivity index (χ0n) is 9.44. The highest BCUT2D eigenvalue weighted by molar-refractivity contribution is 7.91. The number of nitrogens with two attached hydrogens (primary N) is 1. The molecule has 2 N–H and O–H groups in total. The van der Waals surface area contributed by atoms with Crippen molar-refractivity contribution in [2.24, 2.45) is 0 Å². The maximum absolute atomic E-state index is 11.4. The van der Waals surface area contributed by atoms with E-state index < -0.39 is 9.84 Å². The Balaban J connectivity index is 2.12. The SMILES string of the molecule is CCS(=O)(=O)CCn1nc2c(c1N)CCC2. The van der Waals surface area contributed by atoms with Crippen LogP contribution in [0.4, 0.5) is 5.82 Å². The van der Waals surface area contributed by atoms with Crippen LogP contribution in [0, 0.1) is 0 Å². The molecule has 6 heteroatoms. The van der Waals surface area contributed by atoms with Gasteiger partial charge in [0, 0.05) is 11.3 Å². The molecule has 1 aromatic heterocycles. The van der Waals surface area contributed by atoms with Gasteiger partial charge in [-0.15, -0.1) is 0 Å². The number of aryl methyl sites for hydroxylation is 2. The van der Waals surface area contributed by atoms with E-state index in [-0.39, 0.29) is 11.5 Å². The first-order chi connectivity index (χ1) is 7.53. The molecule has 0 amide bonds. The van der Waals surface area contributed by atoms with Gasteiger partial charge in [0.1, 0.15) is 5.82 Å². The molecule has 0 unspecified atom stereocenters. The maximum Gasteiger partial charge on any atom is 0.151 e. The van der Waals surface area contributed by atoms with Gasteiger partial charge in [0.15, 0.2) is 9.84 Å². The molecule has 0 atom stereocenters. The third kappa shape index (κ3) is 2.07. The van der Waals surface area contributed by atoms with E-state index in [1.54, 1.807) is 11.6 Å². The van der Waals surface area contributed by atoms with Gasteiger partial charge in [0.05, 0.1) is 18.0 Å². The summed E-state index contributed by atoms with van der Waals surface area (Å²) in [6, 6.07) is 0. The van der Waals surface area contributed by atoms with E-state index in [1.807, 2.05) is 0 Å². The van der Waals surface area contributed by atoms with Gasteiger partial charge in [-0.05, 0) is 19.3 Å². The van der Waals surface area contributed by atoms with Gasteiger partial charge in [0.2, 0.25) is 0 Å². The Morgan fingerprint density at radius 2 is 2.19 bits per heavy atom. The maximum atomic E-state index is 11.4. The Bertz CT molecular complexity index is 490. The zero-order valence-corrected chi connectivity index (χ0v) is 10.3. The van der Waals surface area contributed by atoms with Gasteiger partial charge in [-0.2, -0.15) is 5.10 Å². The first-order valence-electron chi connectivity index (χ1n) is 5.58. The molecule has 1 aromatic rings. The quantitative estimate of drug-likeness (QED) is 0.829. The highest BCUT2D eigenvalue weighted by Gasteiger charge is 2.20. The molecular formula is C10H17N3O2S. The second kappa shape index (κ2) is 4.08. The lowest BCUT2D eigenvalue weighted by atomic mass is 10.3. The molecule has 1 aliphatic rings. The van der Waals surface area contributed by atoms with Crippen molar-refractivity contribution in [2.45, 2.75) is 32.7 Å². The van der Waals surface area contributed by atoms with Crippen LogP contribution in [0.3, 0.4) is 0 Å². The van der Waals surface area contributed by atoms with Gasteiger partial charge in [-0.3, -0.25) is 0 Å². The molecule has 0 saturated heterocycles. The van der Waals surface area contributed by atoms with Crippen LogP contribution < -0.4 is 5.73 Å². The Morgan fingerprint density at radius 3 is 2.81 bits per heavy atom. The van der Waals surface area contributed by atoms with E-state index in [0.717, 1.165) is 30.5 Å². The molecule has 0 aliphatic heterocycles. The number of rotatable bonds is 4. The summed E-state index contributed by atoms with van der Waals surface area (Å²) in [5, 5.41) is 4.35. The lowest BCUT2D eigenvalue weighted by molar-refractivity contribution is 0.581. The first-order valence-corrected chi connectivity index (χ1v) is 7.40. The van der Waals surface area contributed by atoms with Crippen molar-refractivity contribution >= 4 is 15.7 Å². The van der Waals surface area contributed by atoms with Crippen LogP contribution in [-0.4, -0.2) is 29.7 Å². The van der Waals surface area contributed by atoms with Crippen molar-refractivity contribution in [1.82, 2.24) is 9.78 Å². The molecule has 0 spiro atoms. The molecule has 16 heavy (non-hydrogen) atoms. The van der Waals surface area contributed by atoms with Crippen molar-refractivity contribution in [3.63, 3.8) is 0 Å². The van der Waals surface area contributed by atoms with E-state index in [2.05, 4.69) is 5.10 Å². The van der Waals surface area contributed by atoms with E-state index >= 15 is 0 Å². The molecule has 0 radical (unpaired) electrons. The van der Waals surface area contributed by atoms with Gasteiger partial charge < -0.3 is 5.73 Å². The van der Waals surface area contributed by atoms with Crippen molar-refractivity contribution in [3.05, 3.63) is 11.3 Å². The Hall–Kier alpha value is -1.04. The third-order valence-electron chi connectivity index (χ3n) is 3.07. The molecule has 5 nitrogen and oxygen atoms in total. The summed E-state index contributed by atoms with van der Waals surface area (Å²) < 4.78 is 24.4. The van der Waals surface area contributed by atoms with Gasteiger partial charge >= 0.3 is 0 Å². The number of nitrogen functional groups attached to an aromatic ring is 1. The predicted octanol–water partition coefficient (Wildman–Crippen LogP) is 0.389. The second-order valence-electron chi connectivity index (χ2n) is 4.12. The third-order valence-corrected chi connectivity index (χ3v) is 4.76. The summed E-state index contributed by atoms with van der Waals surface area (Å²) in [6.45, 7) is 2.02. The zero-order chi connectivity index (χ0) is 11.8. The first kappa shape index (κ1) is 11.4. The topological polar surface area (TPSA) is 78.0 Å². The van der Waals surface area contributed by atoms with Crippen molar-refractivity contribution in [1.29, 1.82) is 0 Å². The van der Waals surface area contributed by atoms with Crippen molar-refractivity contribution in [2.75, 3.05) is 17.2 Å². The number of hydrogen-bond donors (Lipinski definition) is 1. The molecule has 0 saturated carbocycles. The van der Waals surface area contributed by atoms with Gasteiger partial charge in [0.25, 0.3) is 0 Å². The minimum atomic E-state index is -2.94. The molecular weight excluding hydrogens is 226 g/mol. The van der Waals surface area contributed by atoms with E-state index in [0.29, 0.717) is 12.4 Å². The standard InChI is InChI=1S/C10H17N3O2S/c1-2-16(14,15)7-6-13-10(11)8-4-3-5-9(8)12-13/h2-7,11H2,1H3. The summed E-state index contributed by atoms with van der Waals surface area (Å²) in [7, 11) is -2.94. The normalized spacial score (nSPS) is 15.3. The molecule has 2 rings (SSSR count). The smallest absolute Gasteiger partial charge is 0.151 e. The predicted molar refractivity (Wildman–Crippen MR) is 63.0 cm³/mol. The highest BCUT2D eigenvalue weighted by atomic mass is 32.2. The molecule has 90 valence electrons. The Labute approximate surface area is 95.6 Å². The summed E-state index contributed by atoms with van der Waals surface area (Å²) >= 11 is 0. The molecule has 1 heterocycles. The van der Waals surface area contributed by atoms with Crippen molar-refractivity contribution < 1.29 is 8.42 Å². The van der Waals surface area contributed by atoms with Crippen LogP contribution in [0.25, 0.3) is 0 Å². The fraction of sp³-hybridized carbons (Fsp3) is 0.700. The van der Waals surface area contributed by atoms with E-state index in [9.17, 15) is 8.42 Å². The minimum Gasteiger partial charge on any atom is -0.384 e. The largest absolute Gasteiger partial charge is 0.384 e. The number of nitrogens with zero attached hydrogens (tertiary/aromatic N) is 2. The number of hydrogen-bond acceptors (Lipinski definition) is 4. The van der Waals surface area contributed by atoms with E-state index in [4.69, 9.17) is 5.73 Å². The van der Waals surface area contributed by atoms with Crippen molar-refractivity contribution in [3.8, 4) is 0 Å². The summed E-state index contributed by atoms with van der Waals surface area (Å²) in [5.41, 5.74) is 8.10. The number of anilines is 1. The highest BCUT2D eigenvalue weighted by Crippen LogP contribution is 2.26. The fourth-order valence-corrected chi connectivity index (χ4v) is 2.75. The summed E-state index contributed by atoms with van der Waals surface area (Å²) in [5.74, 6) is 0.945. The summed E-state index contributed by atoms with van der Waals surface area (Å²) in [4.78, 5) is 0. The van der Waals surface area contributed by atoms with Gasteiger partial charge in [-0.25, -0.2) is 13.1 Å². The van der Waals surface area contributed by atoms with Crippen LogP contribution in [-0.2, 0) is 29.2 Å². The molecule has 1 aliphatic carbocycles. The average molecular weight is 243 g/mol. The monoisotopic (exact) mass is 243 g/mol. The van der Waals surface area contributed by atoms with Crippen LogP contribution >= 0.6 is 0 Å². The lowest BCUT2D eigenvalue weighted by Gasteiger charge is -2.05. The molecule has 0 fully saturated rings. The second-order valence-corrected chi connectivity index (χ2v) is 6.60. The van der Waals surface area contributed by atoms with E-state index in [1.165, 1.54) is 0 Å². The van der Waals surface area contributed by atoms with Gasteiger partial charge in [-0.1, -0.05) is 6.92 Å². The summed E-state index contributed by atoms with van der Waals surface area (Å²) in [6.07, 6.45) is 3.05. The minimum absolute atomic E-state index is 0.119. The average Bonchev–Trinajstić information content (AvgIpc) is 2.80. The number of aromatic nitrogens is 2. The molecule has 0 bridgehead atoms. The Morgan fingerprint density at radius 1 is 1.44 bits per heavy atom. The van der Waals surface area contributed by atoms with Crippen LogP contribution in [0.2, 0.25) is 0 Å². The fourth-order valence-electron chi connectivity index (χ4n) is 2.01. The van der Waals surface area contributed by atoms with Crippen LogP contribution in [0.15, 0.2) is 0 Å². The molecule has 0 aromatic carbocycles.